The number of nitrogens with zero attached hydrogens (tertiary/aromatic N) is 1. The Kier molecular flexibility index (Phi) is 5.45. The lowest BCUT2D eigenvalue weighted by Gasteiger charge is -2.15. The molecule has 0 bridgehead atoms. The SMILES string of the molecule is CNC(CCOc1cccc(N(C)C)c1)C(N)=O. The molecule has 1 unspecified atom stereocenters. The Hall–Kier alpha value is -1.75. The zero-order valence-electron chi connectivity index (χ0n) is 11.1. The number of amides is 1. The highest BCUT2D eigenvalue weighted by Gasteiger charge is 2.12. The normalized spacial score (nSPS) is 11.9. The van der Waals surface area contributed by atoms with Crippen molar-refractivity contribution in [2.45, 2.75) is 12.5 Å². The summed E-state index contributed by atoms with van der Waals surface area (Å²) in [7, 11) is 5.66. The predicted molar refractivity (Wildman–Crippen MR) is 72.9 cm³/mol. The van der Waals surface area contributed by atoms with Crippen LogP contribution in [0, 0.1) is 0 Å². The lowest BCUT2D eigenvalue weighted by molar-refractivity contribution is -0.120. The summed E-state index contributed by atoms with van der Waals surface area (Å²) in [5.74, 6) is 0.434. The predicted octanol–water partition coefficient (Wildman–Crippen LogP) is 0.595. The molecule has 0 aliphatic carbocycles. The van der Waals surface area contributed by atoms with Crippen LogP contribution in [-0.2, 0) is 4.79 Å². The summed E-state index contributed by atoms with van der Waals surface area (Å²) in [5, 5.41) is 2.85. The second-order valence-electron chi connectivity index (χ2n) is 4.27. The van der Waals surface area contributed by atoms with Gasteiger partial charge in [0.2, 0.25) is 5.91 Å². The average Bonchev–Trinajstić information content (AvgIpc) is 2.34. The van der Waals surface area contributed by atoms with E-state index in [1.54, 1.807) is 7.05 Å². The largest absolute Gasteiger partial charge is 0.493 e. The van der Waals surface area contributed by atoms with Gasteiger partial charge in [-0.15, -0.1) is 0 Å². The molecule has 100 valence electrons. The van der Waals surface area contributed by atoms with Crippen LogP contribution in [0.2, 0.25) is 0 Å². The van der Waals surface area contributed by atoms with Crippen molar-refractivity contribution in [2.75, 3.05) is 32.6 Å². The molecule has 0 saturated carbocycles. The van der Waals surface area contributed by atoms with Gasteiger partial charge in [-0.25, -0.2) is 0 Å². The molecule has 5 heteroatoms. The number of likely N-dealkylation sites (N-methyl/N-ethyl adjacent to an activating group) is 1. The molecule has 1 atom stereocenters. The van der Waals surface area contributed by atoms with Gasteiger partial charge < -0.3 is 20.7 Å². The number of primary amides is 1. The number of hydrogen-bond acceptors (Lipinski definition) is 4. The molecule has 0 heterocycles. The lowest BCUT2D eigenvalue weighted by atomic mass is 10.2. The van der Waals surface area contributed by atoms with Gasteiger partial charge in [0, 0.05) is 32.3 Å². The van der Waals surface area contributed by atoms with Crippen molar-refractivity contribution in [2.24, 2.45) is 5.73 Å². The summed E-state index contributed by atoms with van der Waals surface area (Å²) >= 11 is 0. The van der Waals surface area contributed by atoms with Gasteiger partial charge in [-0.1, -0.05) is 6.07 Å². The number of nitrogens with two attached hydrogens (primary N) is 1. The third-order valence-corrected chi connectivity index (χ3v) is 2.70. The zero-order valence-corrected chi connectivity index (χ0v) is 11.1. The number of carbonyl (C=O) groups excluding carboxylic acids is 1. The molecule has 1 rings (SSSR count). The van der Waals surface area contributed by atoms with Crippen molar-refractivity contribution in [3.63, 3.8) is 0 Å². The number of ether oxygens (including phenoxy) is 1. The molecule has 0 aliphatic heterocycles. The number of nitrogens with one attached hydrogen (secondary N) is 1. The maximum Gasteiger partial charge on any atom is 0.234 e. The summed E-state index contributed by atoms with van der Waals surface area (Å²) in [6.45, 7) is 0.450. The zero-order chi connectivity index (χ0) is 13.5. The van der Waals surface area contributed by atoms with Crippen molar-refractivity contribution in [3.8, 4) is 5.75 Å². The summed E-state index contributed by atoms with van der Waals surface area (Å²) < 4.78 is 5.60. The summed E-state index contributed by atoms with van der Waals surface area (Å²) in [5.41, 5.74) is 6.30. The summed E-state index contributed by atoms with van der Waals surface area (Å²) in [6.07, 6.45) is 0.554. The average molecular weight is 251 g/mol. The van der Waals surface area contributed by atoms with E-state index in [4.69, 9.17) is 10.5 Å². The van der Waals surface area contributed by atoms with Crippen molar-refractivity contribution in [1.29, 1.82) is 0 Å². The first-order valence-electron chi connectivity index (χ1n) is 5.91. The number of carbonyl (C=O) groups is 1. The first kappa shape index (κ1) is 14.3. The molecular formula is C13H21N3O2. The van der Waals surface area contributed by atoms with Crippen LogP contribution in [-0.4, -0.2) is 39.7 Å². The Morgan fingerprint density at radius 3 is 2.78 bits per heavy atom. The van der Waals surface area contributed by atoms with E-state index in [0.717, 1.165) is 11.4 Å². The topological polar surface area (TPSA) is 67.6 Å². The Morgan fingerprint density at radius 2 is 2.22 bits per heavy atom. The molecule has 1 aromatic carbocycles. The molecule has 0 radical (unpaired) electrons. The van der Waals surface area contributed by atoms with Crippen molar-refractivity contribution in [1.82, 2.24) is 5.32 Å². The van der Waals surface area contributed by atoms with Gasteiger partial charge in [-0.2, -0.15) is 0 Å². The van der Waals surface area contributed by atoms with E-state index in [1.165, 1.54) is 0 Å². The minimum atomic E-state index is -0.358. The number of benzene rings is 1. The van der Waals surface area contributed by atoms with Crippen LogP contribution in [0.25, 0.3) is 0 Å². The fraction of sp³-hybridized carbons (Fsp3) is 0.462. The minimum absolute atomic E-state index is 0.345. The maximum absolute atomic E-state index is 11.0. The van der Waals surface area contributed by atoms with E-state index in [1.807, 2.05) is 43.3 Å². The van der Waals surface area contributed by atoms with Gasteiger partial charge in [0.25, 0.3) is 0 Å². The van der Waals surface area contributed by atoms with Crippen LogP contribution in [0.3, 0.4) is 0 Å². The van der Waals surface area contributed by atoms with E-state index in [2.05, 4.69) is 5.32 Å². The second kappa shape index (κ2) is 6.86. The molecule has 18 heavy (non-hydrogen) atoms. The lowest BCUT2D eigenvalue weighted by Crippen LogP contribution is -2.40. The molecule has 0 aliphatic rings. The highest BCUT2D eigenvalue weighted by Crippen LogP contribution is 2.19. The molecule has 0 fully saturated rings. The number of hydrogen-bond donors (Lipinski definition) is 2. The van der Waals surface area contributed by atoms with Crippen LogP contribution in [0.15, 0.2) is 24.3 Å². The molecule has 0 spiro atoms. The van der Waals surface area contributed by atoms with Gasteiger partial charge >= 0.3 is 0 Å². The Labute approximate surface area is 108 Å². The first-order chi connectivity index (χ1) is 8.54. The molecular weight excluding hydrogens is 230 g/mol. The fourth-order valence-corrected chi connectivity index (χ4v) is 1.57. The van der Waals surface area contributed by atoms with E-state index in [-0.39, 0.29) is 11.9 Å². The van der Waals surface area contributed by atoms with Gasteiger partial charge in [0.1, 0.15) is 5.75 Å². The van der Waals surface area contributed by atoms with E-state index < -0.39 is 0 Å². The van der Waals surface area contributed by atoms with Crippen LogP contribution in [0.5, 0.6) is 5.75 Å². The molecule has 3 N–H and O–H groups in total. The Morgan fingerprint density at radius 1 is 1.50 bits per heavy atom. The Balaban J connectivity index is 2.48. The van der Waals surface area contributed by atoms with Gasteiger partial charge in [0.15, 0.2) is 0 Å². The van der Waals surface area contributed by atoms with Crippen molar-refractivity contribution in [3.05, 3.63) is 24.3 Å². The molecule has 5 nitrogen and oxygen atoms in total. The summed E-state index contributed by atoms with van der Waals surface area (Å²) in [4.78, 5) is 13.0. The third kappa shape index (κ3) is 4.25. The molecule has 0 aromatic heterocycles. The first-order valence-corrected chi connectivity index (χ1v) is 5.91. The smallest absolute Gasteiger partial charge is 0.234 e. The standard InChI is InChI=1S/C13H21N3O2/c1-15-12(13(14)17)7-8-18-11-6-4-5-10(9-11)16(2)3/h4-6,9,12,15H,7-8H2,1-3H3,(H2,14,17). The van der Waals surface area contributed by atoms with Crippen molar-refractivity contribution >= 4 is 11.6 Å². The van der Waals surface area contributed by atoms with E-state index in [9.17, 15) is 4.79 Å². The van der Waals surface area contributed by atoms with Crippen molar-refractivity contribution < 1.29 is 9.53 Å². The molecule has 0 saturated heterocycles. The van der Waals surface area contributed by atoms with Crippen LogP contribution >= 0.6 is 0 Å². The van der Waals surface area contributed by atoms with Gasteiger partial charge in [-0.3, -0.25) is 4.79 Å². The molecule has 1 aromatic rings. The Bertz CT molecular complexity index is 394. The van der Waals surface area contributed by atoms with E-state index in [0.29, 0.717) is 13.0 Å². The maximum atomic E-state index is 11.0. The van der Waals surface area contributed by atoms with Crippen LogP contribution in [0.1, 0.15) is 6.42 Å². The fourth-order valence-electron chi connectivity index (χ4n) is 1.57. The number of rotatable bonds is 7. The monoisotopic (exact) mass is 251 g/mol. The third-order valence-electron chi connectivity index (χ3n) is 2.70. The van der Waals surface area contributed by atoms with Crippen LogP contribution < -0.4 is 20.7 Å². The molecule has 1 amide bonds. The quantitative estimate of drug-likeness (QED) is 0.744. The summed E-state index contributed by atoms with van der Waals surface area (Å²) in [6, 6.07) is 7.45. The highest BCUT2D eigenvalue weighted by atomic mass is 16.5. The number of anilines is 1. The second-order valence-corrected chi connectivity index (χ2v) is 4.27. The van der Waals surface area contributed by atoms with Gasteiger partial charge in [-0.05, 0) is 19.2 Å². The van der Waals surface area contributed by atoms with E-state index >= 15 is 0 Å². The highest BCUT2D eigenvalue weighted by molar-refractivity contribution is 5.79. The van der Waals surface area contributed by atoms with Gasteiger partial charge in [0.05, 0.1) is 12.6 Å². The van der Waals surface area contributed by atoms with Crippen LogP contribution in [0.4, 0.5) is 5.69 Å². The minimum Gasteiger partial charge on any atom is -0.493 e.